The van der Waals surface area contributed by atoms with Gasteiger partial charge >= 0.3 is 12.2 Å². The molecule has 0 bridgehead atoms. The molecule has 2 amide bonds. The Morgan fingerprint density at radius 1 is 1.06 bits per heavy atom. The minimum atomic E-state index is -4.25. The van der Waals surface area contributed by atoms with Crippen LogP contribution in [0.5, 0.6) is 0 Å². The Hall–Kier alpha value is -1.20. The molecule has 2 aliphatic heterocycles. The second-order valence-corrected chi connectivity index (χ2v) is 4.75. The third kappa shape index (κ3) is 2.97. The molecule has 0 saturated carbocycles. The molecule has 2 aliphatic rings. The quantitative estimate of drug-likeness (QED) is 0.616. The van der Waals surface area contributed by atoms with Crippen LogP contribution in [0.4, 0.5) is 18.0 Å². The molecule has 0 N–H and O–H groups in total. The predicted molar refractivity (Wildman–Crippen MR) is 61.1 cm³/mol. The number of halogens is 3. The minimum Gasteiger partial charge on any atom is -0.325 e. The van der Waals surface area contributed by atoms with Gasteiger partial charge in [0.2, 0.25) is 0 Å². The molecule has 2 rings (SSSR count). The van der Waals surface area contributed by atoms with Crippen molar-refractivity contribution in [3.8, 4) is 0 Å². The van der Waals surface area contributed by atoms with Crippen molar-refractivity contribution in [2.75, 3.05) is 26.2 Å². The maximum absolute atomic E-state index is 12.4. The van der Waals surface area contributed by atoms with Crippen LogP contribution in [0, 0.1) is 0 Å². The lowest BCUT2D eigenvalue weighted by Gasteiger charge is -2.34. The number of carbonyl (C=O) groups is 1. The molecule has 18 heavy (non-hydrogen) atoms. The molecule has 0 aromatic heterocycles. The maximum Gasteiger partial charge on any atom is 0.412 e. The second kappa shape index (κ2) is 5.20. The Kier molecular flexibility index (Phi) is 3.82. The van der Waals surface area contributed by atoms with E-state index in [2.05, 4.69) is 0 Å². The summed E-state index contributed by atoms with van der Waals surface area (Å²) in [6, 6.07) is -0.118. The molecular formula is C12H17F3N2O. The number of hydrogen-bond acceptors (Lipinski definition) is 1. The Morgan fingerprint density at radius 3 is 2.22 bits per heavy atom. The van der Waals surface area contributed by atoms with Crippen LogP contribution in [-0.2, 0) is 0 Å². The number of alkyl halides is 3. The topological polar surface area (TPSA) is 23.6 Å². The van der Waals surface area contributed by atoms with Gasteiger partial charge < -0.3 is 9.80 Å². The number of hydrogen-bond donors (Lipinski definition) is 0. The van der Waals surface area contributed by atoms with E-state index in [0.29, 0.717) is 0 Å². The number of nitrogens with zero attached hydrogens (tertiary/aromatic N) is 2. The van der Waals surface area contributed by atoms with Crippen LogP contribution < -0.4 is 0 Å². The first-order valence-corrected chi connectivity index (χ1v) is 6.28. The number of likely N-dealkylation sites (tertiary alicyclic amines) is 1. The lowest BCUT2D eigenvalue weighted by molar-refractivity contribution is -0.0957. The third-order valence-corrected chi connectivity index (χ3v) is 3.47. The zero-order chi connectivity index (χ0) is 13.2. The number of piperidine rings is 1. The highest BCUT2D eigenvalue weighted by molar-refractivity contribution is 5.75. The van der Waals surface area contributed by atoms with Crippen molar-refractivity contribution >= 4 is 6.03 Å². The zero-order valence-corrected chi connectivity index (χ0v) is 10.2. The summed E-state index contributed by atoms with van der Waals surface area (Å²) in [4.78, 5) is 15.3. The van der Waals surface area contributed by atoms with E-state index in [-0.39, 0.29) is 25.5 Å². The van der Waals surface area contributed by atoms with Gasteiger partial charge in [0, 0.05) is 31.8 Å². The molecule has 0 aromatic carbocycles. The molecule has 6 heteroatoms. The average Bonchev–Trinajstić information content (AvgIpc) is 2.38. The van der Waals surface area contributed by atoms with Crippen LogP contribution in [0.1, 0.15) is 25.7 Å². The van der Waals surface area contributed by atoms with Crippen molar-refractivity contribution in [2.24, 2.45) is 0 Å². The van der Waals surface area contributed by atoms with E-state index < -0.39 is 11.7 Å². The number of rotatable bonds is 0. The van der Waals surface area contributed by atoms with Crippen LogP contribution in [0.3, 0.4) is 0 Å². The first-order chi connectivity index (χ1) is 8.48. The van der Waals surface area contributed by atoms with Gasteiger partial charge in [0.25, 0.3) is 0 Å². The van der Waals surface area contributed by atoms with Gasteiger partial charge in [0.15, 0.2) is 0 Å². The normalized spacial score (nSPS) is 21.8. The highest BCUT2D eigenvalue weighted by Gasteiger charge is 2.36. The second-order valence-electron chi connectivity index (χ2n) is 4.75. The zero-order valence-electron chi connectivity index (χ0n) is 10.2. The highest BCUT2D eigenvalue weighted by Crippen LogP contribution is 2.30. The Morgan fingerprint density at radius 2 is 1.72 bits per heavy atom. The maximum atomic E-state index is 12.4. The molecule has 1 fully saturated rings. The minimum absolute atomic E-state index is 0.0736. The van der Waals surface area contributed by atoms with E-state index in [1.54, 1.807) is 4.90 Å². The molecule has 0 aromatic rings. The van der Waals surface area contributed by atoms with Crippen LogP contribution >= 0.6 is 0 Å². The van der Waals surface area contributed by atoms with Gasteiger partial charge in [-0.15, -0.1) is 0 Å². The van der Waals surface area contributed by atoms with Crippen LogP contribution in [-0.4, -0.2) is 48.2 Å². The molecule has 0 unspecified atom stereocenters. The molecule has 2 heterocycles. The number of amides is 2. The lowest BCUT2D eigenvalue weighted by Crippen LogP contribution is -2.47. The van der Waals surface area contributed by atoms with Gasteiger partial charge in [-0.3, -0.25) is 0 Å². The van der Waals surface area contributed by atoms with Crippen LogP contribution in [0.2, 0.25) is 0 Å². The summed E-state index contributed by atoms with van der Waals surface area (Å²) in [7, 11) is 0. The Labute approximate surface area is 104 Å². The first-order valence-electron chi connectivity index (χ1n) is 6.28. The van der Waals surface area contributed by atoms with Crippen molar-refractivity contribution < 1.29 is 18.0 Å². The van der Waals surface area contributed by atoms with E-state index in [4.69, 9.17) is 0 Å². The van der Waals surface area contributed by atoms with Crippen molar-refractivity contribution in [1.82, 2.24) is 9.80 Å². The van der Waals surface area contributed by atoms with Gasteiger partial charge in [-0.05, 0) is 25.7 Å². The highest BCUT2D eigenvalue weighted by atomic mass is 19.4. The van der Waals surface area contributed by atoms with E-state index >= 15 is 0 Å². The summed E-state index contributed by atoms with van der Waals surface area (Å²) < 4.78 is 37.3. The molecule has 0 aliphatic carbocycles. The van der Waals surface area contributed by atoms with Gasteiger partial charge in [-0.1, -0.05) is 6.08 Å². The summed E-state index contributed by atoms with van der Waals surface area (Å²) in [5.74, 6) is 0. The van der Waals surface area contributed by atoms with Crippen molar-refractivity contribution in [3.05, 3.63) is 11.6 Å². The molecule has 0 radical (unpaired) electrons. The van der Waals surface area contributed by atoms with E-state index in [9.17, 15) is 18.0 Å². The molecule has 0 spiro atoms. The Balaban J connectivity index is 1.92. The number of carbonyl (C=O) groups excluding carboxylic acids is 1. The molecule has 0 atom stereocenters. The molecule has 102 valence electrons. The van der Waals surface area contributed by atoms with E-state index in [0.717, 1.165) is 38.4 Å². The standard InChI is InChI=1S/C12H17F3N2O/c13-12(14,15)10-4-8-17(9-5-10)11(18)16-6-2-1-3-7-16/h4H,1-3,5-9H2. The van der Waals surface area contributed by atoms with Gasteiger partial charge in [0.1, 0.15) is 0 Å². The first kappa shape index (κ1) is 13.2. The van der Waals surface area contributed by atoms with Crippen molar-refractivity contribution in [3.63, 3.8) is 0 Å². The summed E-state index contributed by atoms with van der Waals surface area (Å²) >= 11 is 0. The third-order valence-electron chi connectivity index (χ3n) is 3.47. The van der Waals surface area contributed by atoms with Gasteiger partial charge in [-0.2, -0.15) is 13.2 Å². The fourth-order valence-electron chi connectivity index (χ4n) is 2.39. The average molecular weight is 262 g/mol. The van der Waals surface area contributed by atoms with Crippen LogP contribution in [0.25, 0.3) is 0 Å². The Bertz CT molecular complexity index is 346. The lowest BCUT2D eigenvalue weighted by atomic mass is 10.1. The summed E-state index contributed by atoms with van der Waals surface area (Å²) in [6.45, 7) is 1.70. The van der Waals surface area contributed by atoms with E-state index in [1.165, 1.54) is 4.90 Å². The predicted octanol–water partition coefficient (Wildman–Crippen LogP) is 2.79. The van der Waals surface area contributed by atoms with Crippen molar-refractivity contribution in [2.45, 2.75) is 31.9 Å². The summed E-state index contributed by atoms with van der Waals surface area (Å²) in [5, 5.41) is 0. The fourth-order valence-corrected chi connectivity index (χ4v) is 2.39. The van der Waals surface area contributed by atoms with Crippen LogP contribution in [0.15, 0.2) is 11.6 Å². The SMILES string of the molecule is O=C(N1CC=C(C(F)(F)F)CC1)N1CCCCC1. The van der Waals surface area contributed by atoms with E-state index in [1.807, 2.05) is 0 Å². The summed E-state index contributed by atoms with van der Waals surface area (Å²) in [6.07, 6.45) is -0.108. The molecule has 1 saturated heterocycles. The molecule has 3 nitrogen and oxygen atoms in total. The summed E-state index contributed by atoms with van der Waals surface area (Å²) in [5.41, 5.74) is -0.509. The van der Waals surface area contributed by atoms with Gasteiger partial charge in [0.05, 0.1) is 0 Å². The fraction of sp³-hybridized carbons (Fsp3) is 0.750. The number of urea groups is 1. The smallest absolute Gasteiger partial charge is 0.325 e. The molecular weight excluding hydrogens is 245 g/mol. The monoisotopic (exact) mass is 262 g/mol. The largest absolute Gasteiger partial charge is 0.412 e. The van der Waals surface area contributed by atoms with Gasteiger partial charge in [-0.25, -0.2) is 4.79 Å². The van der Waals surface area contributed by atoms with Crippen molar-refractivity contribution in [1.29, 1.82) is 0 Å².